The number of hydrogen-bond donors (Lipinski definition) is 0. The van der Waals surface area contributed by atoms with Crippen LogP contribution in [0, 0.1) is 5.92 Å². The molecule has 1 saturated carbocycles. The number of nitrogens with zero attached hydrogens (tertiary/aromatic N) is 3. The van der Waals surface area contributed by atoms with Gasteiger partial charge in [-0.05, 0) is 25.7 Å². The highest BCUT2D eigenvalue weighted by Gasteiger charge is 2.35. The van der Waals surface area contributed by atoms with Gasteiger partial charge in [0.25, 0.3) is 0 Å². The first kappa shape index (κ1) is 11.4. The largest absolute Gasteiger partial charge is 0.472 e. The molecule has 3 rings (SSSR count). The van der Waals surface area contributed by atoms with Crippen LogP contribution in [0.15, 0.2) is 18.6 Å². The Balaban J connectivity index is 1.58. The van der Waals surface area contributed by atoms with Gasteiger partial charge in [0.05, 0.1) is 6.54 Å². The molecule has 18 heavy (non-hydrogen) atoms. The molecule has 0 bridgehead atoms. The molecule has 1 aliphatic carbocycles. The van der Waals surface area contributed by atoms with Crippen LogP contribution < -0.4 is 4.74 Å². The molecular formula is C13H17N3O2. The fourth-order valence-corrected chi connectivity index (χ4v) is 2.34. The summed E-state index contributed by atoms with van der Waals surface area (Å²) in [6.07, 6.45) is 7.33. The average Bonchev–Trinajstić information content (AvgIpc) is 3.24. The summed E-state index contributed by atoms with van der Waals surface area (Å²) in [6.45, 7) is 1.57. The monoisotopic (exact) mass is 247 g/mol. The molecule has 5 heteroatoms. The number of carbonyl (C=O) groups is 1. The summed E-state index contributed by atoms with van der Waals surface area (Å²) in [5, 5.41) is 0. The summed E-state index contributed by atoms with van der Waals surface area (Å²) >= 11 is 0. The van der Waals surface area contributed by atoms with Crippen LogP contribution in [-0.2, 0) is 4.79 Å². The molecule has 0 spiro atoms. The van der Waals surface area contributed by atoms with Crippen LogP contribution in [0.4, 0.5) is 0 Å². The second-order valence-corrected chi connectivity index (χ2v) is 4.99. The van der Waals surface area contributed by atoms with Crippen LogP contribution in [0.3, 0.4) is 0 Å². The van der Waals surface area contributed by atoms with E-state index in [-0.39, 0.29) is 6.10 Å². The van der Waals surface area contributed by atoms with E-state index in [4.69, 9.17) is 4.74 Å². The molecule has 0 unspecified atom stereocenters. The third-order valence-corrected chi connectivity index (χ3v) is 3.46. The van der Waals surface area contributed by atoms with Crippen LogP contribution in [0.2, 0.25) is 0 Å². The van der Waals surface area contributed by atoms with E-state index < -0.39 is 0 Å². The summed E-state index contributed by atoms with van der Waals surface area (Å²) in [7, 11) is 0. The minimum Gasteiger partial charge on any atom is -0.472 e. The Kier molecular flexibility index (Phi) is 3.13. The van der Waals surface area contributed by atoms with Gasteiger partial charge in [0, 0.05) is 24.7 Å². The van der Waals surface area contributed by atoms with Crippen molar-refractivity contribution in [2.24, 2.45) is 5.92 Å². The van der Waals surface area contributed by atoms with Crippen molar-refractivity contribution in [3.05, 3.63) is 18.6 Å². The predicted molar refractivity (Wildman–Crippen MR) is 65.0 cm³/mol. The first-order valence-electron chi connectivity index (χ1n) is 6.54. The van der Waals surface area contributed by atoms with Gasteiger partial charge in [-0.2, -0.15) is 0 Å². The van der Waals surface area contributed by atoms with Crippen molar-refractivity contribution in [1.29, 1.82) is 0 Å². The highest BCUT2D eigenvalue weighted by atomic mass is 16.5. The van der Waals surface area contributed by atoms with E-state index in [1.54, 1.807) is 12.3 Å². The normalized spacial score (nSPS) is 23.8. The molecule has 1 aliphatic heterocycles. The maximum Gasteiger partial charge on any atom is 0.225 e. The molecule has 1 saturated heterocycles. The highest BCUT2D eigenvalue weighted by molar-refractivity contribution is 5.81. The van der Waals surface area contributed by atoms with Gasteiger partial charge in [-0.1, -0.05) is 0 Å². The SMILES string of the molecule is O=C(C1CC1)N1CCC[C@@H](Oc2ccncn2)C1. The average molecular weight is 247 g/mol. The Morgan fingerprint density at radius 3 is 3.00 bits per heavy atom. The molecule has 0 N–H and O–H groups in total. The van der Waals surface area contributed by atoms with Gasteiger partial charge in [-0.25, -0.2) is 9.97 Å². The van der Waals surface area contributed by atoms with E-state index in [1.807, 2.05) is 4.90 Å². The van der Waals surface area contributed by atoms with E-state index >= 15 is 0 Å². The smallest absolute Gasteiger partial charge is 0.225 e. The van der Waals surface area contributed by atoms with Crippen molar-refractivity contribution in [2.45, 2.75) is 31.8 Å². The molecule has 1 aromatic rings. The fourth-order valence-electron chi connectivity index (χ4n) is 2.34. The number of ether oxygens (including phenoxy) is 1. The van der Waals surface area contributed by atoms with Crippen molar-refractivity contribution in [1.82, 2.24) is 14.9 Å². The number of aromatic nitrogens is 2. The highest BCUT2D eigenvalue weighted by Crippen LogP contribution is 2.32. The number of likely N-dealkylation sites (tertiary alicyclic amines) is 1. The lowest BCUT2D eigenvalue weighted by Gasteiger charge is -2.32. The van der Waals surface area contributed by atoms with E-state index in [0.717, 1.165) is 32.2 Å². The van der Waals surface area contributed by atoms with Crippen LogP contribution in [0.5, 0.6) is 5.88 Å². The number of hydrogen-bond acceptors (Lipinski definition) is 4. The zero-order valence-electron chi connectivity index (χ0n) is 10.3. The van der Waals surface area contributed by atoms with Gasteiger partial charge in [-0.3, -0.25) is 4.79 Å². The number of piperidine rings is 1. The van der Waals surface area contributed by atoms with Crippen LogP contribution in [-0.4, -0.2) is 40.0 Å². The van der Waals surface area contributed by atoms with Gasteiger partial charge in [-0.15, -0.1) is 0 Å². The molecule has 5 nitrogen and oxygen atoms in total. The third-order valence-electron chi connectivity index (χ3n) is 3.46. The summed E-state index contributed by atoms with van der Waals surface area (Å²) in [5.74, 6) is 1.20. The standard InChI is InChI=1S/C13H17N3O2/c17-13(10-3-4-10)16-7-1-2-11(8-16)18-12-5-6-14-9-15-12/h5-6,9-11H,1-4,7-8H2/t11-/m1/s1. The van der Waals surface area contributed by atoms with Gasteiger partial charge in [0.2, 0.25) is 11.8 Å². The zero-order valence-corrected chi connectivity index (χ0v) is 10.3. The number of amides is 1. The van der Waals surface area contributed by atoms with Crippen molar-refractivity contribution >= 4 is 5.91 Å². The molecule has 0 aromatic carbocycles. The fraction of sp³-hybridized carbons (Fsp3) is 0.615. The topological polar surface area (TPSA) is 55.3 Å². The lowest BCUT2D eigenvalue weighted by molar-refractivity contribution is -0.135. The first-order valence-corrected chi connectivity index (χ1v) is 6.54. The van der Waals surface area contributed by atoms with Crippen LogP contribution >= 0.6 is 0 Å². The quantitative estimate of drug-likeness (QED) is 0.806. The van der Waals surface area contributed by atoms with Crippen molar-refractivity contribution in [3.63, 3.8) is 0 Å². The minimum absolute atomic E-state index is 0.0661. The number of rotatable bonds is 3. The second-order valence-electron chi connectivity index (χ2n) is 4.99. The summed E-state index contributed by atoms with van der Waals surface area (Å²) in [5.41, 5.74) is 0. The molecular weight excluding hydrogens is 230 g/mol. The van der Waals surface area contributed by atoms with Gasteiger partial charge < -0.3 is 9.64 Å². The third kappa shape index (κ3) is 2.60. The van der Waals surface area contributed by atoms with E-state index in [2.05, 4.69) is 9.97 Å². The Hall–Kier alpha value is -1.65. The predicted octanol–water partition coefficient (Wildman–Crippen LogP) is 1.26. The Labute approximate surface area is 106 Å². The Bertz CT molecular complexity index is 420. The molecule has 96 valence electrons. The minimum atomic E-state index is 0.0661. The summed E-state index contributed by atoms with van der Waals surface area (Å²) in [4.78, 5) is 21.9. The van der Waals surface area contributed by atoms with Crippen LogP contribution in [0.25, 0.3) is 0 Å². The Morgan fingerprint density at radius 2 is 2.28 bits per heavy atom. The first-order chi connectivity index (χ1) is 8.83. The van der Waals surface area contributed by atoms with E-state index in [1.165, 1.54) is 6.33 Å². The van der Waals surface area contributed by atoms with E-state index in [9.17, 15) is 4.79 Å². The molecule has 1 atom stereocenters. The van der Waals surface area contributed by atoms with Crippen molar-refractivity contribution in [2.75, 3.05) is 13.1 Å². The van der Waals surface area contributed by atoms with Gasteiger partial charge in [0.1, 0.15) is 12.4 Å². The summed E-state index contributed by atoms with van der Waals surface area (Å²) < 4.78 is 5.79. The maximum absolute atomic E-state index is 12.0. The van der Waals surface area contributed by atoms with Gasteiger partial charge >= 0.3 is 0 Å². The molecule has 2 heterocycles. The molecule has 2 fully saturated rings. The van der Waals surface area contributed by atoms with Crippen molar-refractivity contribution in [3.8, 4) is 5.88 Å². The lowest BCUT2D eigenvalue weighted by Crippen LogP contribution is -2.45. The van der Waals surface area contributed by atoms with Gasteiger partial charge in [0.15, 0.2) is 0 Å². The molecule has 0 radical (unpaired) electrons. The summed E-state index contributed by atoms with van der Waals surface area (Å²) in [6, 6.07) is 1.75. The van der Waals surface area contributed by atoms with Crippen molar-refractivity contribution < 1.29 is 9.53 Å². The van der Waals surface area contributed by atoms with Crippen LogP contribution in [0.1, 0.15) is 25.7 Å². The lowest BCUT2D eigenvalue weighted by atomic mass is 10.1. The number of carbonyl (C=O) groups excluding carboxylic acids is 1. The second kappa shape index (κ2) is 4.92. The molecule has 1 aromatic heterocycles. The maximum atomic E-state index is 12.0. The van der Waals surface area contributed by atoms with E-state index in [0.29, 0.717) is 24.2 Å². The zero-order chi connectivity index (χ0) is 12.4. The molecule has 2 aliphatic rings. The molecule has 1 amide bonds. The Morgan fingerprint density at radius 1 is 1.39 bits per heavy atom.